The van der Waals surface area contributed by atoms with Crippen molar-refractivity contribution in [1.29, 1.82) is 0 Å². The molecular weight excluding hydrogens is 227 g/mol. The Bertz CT molecular complexity index is 463. The summed E-state index contributed by atoms with van der Waals surface area (Å²) in [5, 5.41) is 9.10. The van der Waals surface area contributed by atoms with E-state index in [2.05, 4.69) is 0 Å². The van der Waals surface area contributed by atoms with Crippen molar-refractivity contribution in [3.05, 3.63) is 65.7 Å². The van der Waals surface area contributed by atoms with Crippen LogP contribution in [-0.2, 0) is 0 Å². The van der Waals surface area contributed by atoms with Gasteiger partial charge in [-0.25, -0.2) is 0 Å². The van der Waals surface area contributed by atoms with Gasteiger partial charge in [0.2, 0.25) is 0 Å². The van der Waals surface area contributed by atoms with Crippen LogP contribution in [0.15, 0.2) is 54.6 Å². The van der Waals surface area contributed by atoms with Gasteiger partial charge >= 0.3 is 51.4 Å². The van der Waals surface area contributed by atoms with Crippen LogP contribution in [0.25, 0.3) is 0 Å². The topological polar surface area (TPSA) is 37.3 Å². The van der Waals surface area contributed by atoms with Crippen LogP contribution in [0, 0.1) is 0 Å². The second-order valence-electron chi connectivity index (χ2n) is 3.24. The van der Waals surface area contributed by atoms with Crippen LogP contribution in [0.3, 0.4) is 0 Å². The van der Waals surface area contributed by atoms with Crippen LogP contribution >= 0.6 is 0 Å². The molecular formula is C13H11KO2. The van der Waals surface area contributed by atoms with Crippen LogP contribution in [0.2, 0.25) is 0 Å². The van der Waals surface area contributed by atoms with Gasteiger partial charge in [-0.2, -0.15) is 0 Å². The first kappa shape index (κ1) is 13.6. The molecule has 0 heterocycles. The first-order valence-corrected chi connectivity index (χ1v) is 4.66. The van der Waals surface area contributed by atoms with E-state index in [9.17, 15) is 4.79 Å². The summed E-state index contributed by atoms with van der Waals surface area (Å²) >= 11 is 0. The molecule has 2 rings (SSSR count). The summed E-state index contributed by atoms with van der Waals surface area (Å²) in [7, 11) is 0. The summed E-state index contributed by atoms with van der Waals surface area (Å²) in [6.07, 6.45) is 0. The Morgan fingerprint density at radius 2 is 1.31 bits per heavy atom. The van der Waals surface area contributed by atoms with E-state index >= 15 is 0 Å². The fraction of sp³-hybridized carbons (Fsp3) is 0. The second-order valence-corrected chi connectivity index (χ2v) is 3.24. The average Bonchev–Trinajstić information content (AvgIpc) is 2.30. The molecule has 2 nitrogen and oxygen atoms in total. The SMILES string of the molecule is O=C(c1ccccc1)c1ccc(O)cc1.[KH]. The fourth-order valence-electron chi connectivity index (χ4n) is 1.37. The van der Waals surface area contributed by atoms with Crippen LogP contribution in [0.4, 0.5) is 0 Å². The van der Waals surface area contributed by atoms with Gasteiger partial charge in [0.15, 0.2) is 5.78 Å². The van der Waals surface area contributed by atoms with E-state index in [1.165, 1.54) is 12.1 Å². The van der Waals surface area contributed by atoms with Crippen molar-refractivity contribution in [2.24, 2.45) is 0 Å². The molecule has 3 heteroatoms. The summed E-state index contributed by atoms with van der Waals surface area (Å²) < 4.78 is 0. The van der Waals surface area contributed by atoms with E-state index in [1.54, 1.807) is 24.3 Å². The molecule has 0 spiro atoms. The van der Waals surface area contributed by atoms with Gasteiger partial charge in [0.25, 0.3) is 0 Å². The van der Waals surface area contributed by atoms with Gasteiger partial charge in [-0.15, -0.1) is 0 Å². The molecule has 2 aromatic carbocycles. The summed E-state index contributed by atoms with van der Waals surface area (Å²) in [6, 6.07) is 15.3. The van der Waals surface area contributed by atoms with Gasteiger partial charge in [-0.1, -0.05) is 30.3 Å². The number of carbonyl (C=O) groups excluding carboxylic acids is 1. The number of hydrogen-bond acceptors (Lipinski definition) is 2. The third-order valence-corrected chi connectivity index (χ3v) is 2.17. The van der Waals surface area contributed by atoms with E-state index < -0.39 is 0 Å². The van der Waals surface area contributed by atoms with Crippen LogP contribution < -0.4 is 0 Å². The Morgan fingerprint density at radius 3 is 1.88 bits per heavy atom. The summed E-state index contributed by atoms with van der Waals surface area (Å²) in [5.74, 6) is 0.134. The van der Waals surface area contributed by atoms with Crippen molar-refractivity contribution < 1.29 is 9.90 Å². The molecule has 0 saturated heterocycles. The second kappa shape index (κ2) is 6.32. The molecule has 0 aliphatic carbocycles. The molecule has 2 aromatic rings. The van der Waals surface area contributed by atoms with E-state index in [-0.39, 0.29) is 62.9 Å². The Morgan fingerprint density at radius 1 is 0.812 bits per heavy atom. The number of rotatable bonds is 2. The molecule has 76 valence electrons. The number of phenols is 1. The van der Waals surface area contributed by atoms with Gasteiger partial charge in [0.05, 0.1) is 0 Å². The first-order chi connectivity index (χ1) is 7.27. The molecule has 0 radical (unpaired) electrons. The van der Waals surface area contributed by atoms with Crippen molar-refractivity contribution in [3.8, 4) is 5.75 Å². The first-order valence-electron chi connectivity index (χ1n) is 4.66. The standard InChI is InChI=1S/C13H10O2.K.H/c14-12-8-6-11(7-9-12)13(15)10-4-2-1-3-5-10;;/h1-9,14H;;. The minimum absolute atomic E-state index is 0. The number of aromatic hydroxyl groups is 1. The summed E-state index contributed by atoms with van der Waals surface area (Å²) in [4.78, 5) is 11.9. The predicted molar refractivity (Wildman–Crippen MR) is 65.1 cm³/mol. The Labute approximate surface area is 137 Å². The molecule has 16 heavy (non-hydrogen) atoms. The van der Waals surface area contributed by atoms with Gasteiger partial charge < -0.3 is 5.11 Å². The van der Waals surface area contributed by atoms with Gasteiger partial charge in [-0.05, 0) is 24.3 Å². The fourth-order valence-corrected chi connectivity index (χ4v) is 1.37. The minimum atomic E-state index is -0.0319. The third-order valence-electron chi connectivity index (χ3n) is 2.17. The molecule has 0 aliphatic heterocycles. The van der Waals surface area contributed by atoms with E-state index in [1.807, 2.05) is 18.2 Å². The number of hydrogen-bond donors (Lipinski definition) is 1. The average molecular weight is 238 g/mol. The predicted octanol–water partition coefficient (Wildman–Crippen LogP) is 1.97. The Hall–Kier alpha value is -0.454. The molecule has 0 fully saturated rings. The summed E-state index contributed by atoms with van der Waals surface area (Å²) in [5.41, 5.74) is 1.24. The normalized spacial score (nSPS) is 9.25. The van der Waals surface area contributed by atoms with Crippen LogP contribution in [0.1, 0.15) is 15.9 Å². The molecule has 0 aromatic heterocycles. The number of carbonyl (C=O) groups is 1. The Balaban J connectivity index is 0.00000128. The van der Waals surface area contributed by atoms with Gasteiger partial charge in [0, 0.05) is 11.1 Å². The number of ketones is 1. The van der Waals surface area contributed by atoms with Gasteiger partial charge in [0.1, 0.15) is 5.75 Å². The molecule has 0 aliphatic rings. The molecule has 0 amide bonds. The van der Waals surface area contributed by atoms with Crippen molar-refractivity contribution in [1.82, 2.24) is 0 Å². The zero-order valence-electron chi connectivity index (χ0n) is 8.05. The molecule has 1 N–H and O–H groups in total. The monoisotopic (exact) mass is 238 g/mol. The zero-order valence-corrected chi connectivity index (χ0v) is 8.05. The number of benzene rings is 2. The van der Waals surface area contributed by atoms with Crippen molar-refractivity contribution >= 4 is 57.2 Å². The maximum absolute atomic E-state index is 11.9. The van der Waals surface area contributed by atoms with Gasteiger partial charge in [-0.3, -0.25) is 4.79 Å². The van der Waals surface area contributed by atoms with Crippen molar-refractivity contribution in [3.63, 3.8) is 0 Å². The molecule has 0 unspecified atom stereocenters. The van der Waals surface area contributed by atoms with E-state index in [0.717, 1.165) is 0 Å². The molecule has 0 bridgehead atoms. The summed E-state index contributed by atoms with van der Waals surface area (Å²) in [6.45, 7) is 0. The number of phenolic OH excluding ortho intramolecular Hbond substituents is 1. The molecule has 0 atom stereocenters. The zero-order chi connectivity index (χ0) is 10.7. The van der Waals surface area contributed by atoms with E-state index in [0.29, 0.717) is 11.1 Å². The van der Waals surface area contributed by atoms with E-state index in [4.69, 9.17) is 5.11 Å². The quantitative estimate of drug-likeness (QED) is 0.641. The van der Waals surface area contributed by atoms with Crippen molar-refractivity contribution in [2.45, 2.75) is 0 Å². The van der Waals surface area contributed by atoms with Crippen LogP contribution in [-0.4, -0.2) is 62.3 Å². The maximum atomic E-state index is 11.9. The van der Waals surface area contributed by atoms with Crippen LogP contribution in [0.5, 0.6) is 5.75 Å². The third kappa shape index (κ3) is 3.27. The molecule has 0 saturated carbocycles. The Kier molecular flexibility index (Phi) is 5.38. The van der Waals surface area contributed by atoms with Crippen molar-refractivity contribution in [2.75, 3.05) is 0 Å².